The van der Waals surface area contributed by atoms with E-state index >= 15 is 0 Å². The number of aryl methyl sites for hydroxylation is 1. The Balaban J connectivity index is 2.55. The molecule has 0 atom stereocenters. The van der Waals surface area contributed by atoms with Crippen molar-refractivity contribution < 1.29 is 9.90 Å². The van der Waals surface area contributed by atoms with Gasteiger partial charge in [-0.2, -0.15) is 0 Å². The number of carbonyl (C=O) groups is 1. The molecular weight excluding hydrogens is 244 g/mol. The van der Waals surface area contributed by atoms with Crippen molar-refractivity contribution in [3.05, 3.63) is 46.5 Å². The number of nitrogens with zero attached hydrogens (tertiary/aromatic N) is 2. The van der Waals surface area contributed by atoms with Gasteiger partial charge in [-0.1, -0.05) is 19.4 Å². The SMILES string of the molecule is CCCc1ccc2ncn(/C=C/C(=O)O)c(=O)c2c1. The number of carboxylic acids is 1. The molecule has 0 aliphatic heterocycles. The van der Waals surface area contributed by atoms with E-state index in [2.05, 4.69) is 11.9 Å². The van der Waals surface area contributed by atoms with Crippen molar-refractivity contribution in [2.24, 2.45) is 0 Å². The second-order valence-electron chi connectivity index (χ2n) is 4.21. The molecule has 98 valence electrons. The molecule has 0 saturated carbocycles. The van der Waals surface area contributed by atoms with Crippen LogP contribution in [0.25, 0.3) is 17.1 Å². The number of aliphatic carboxylic acids is 1. The number of aromatic nitrogens is 2. The third-order valence-corrected chi connectivity index (χ3v) is 2.76. The number of carboxylic acid groups (broad SMARTS) is 1. The van der Waals surface area contributed by atoms with Crippen molar-refractivity contribution in [1.82, 2.24) is 9.55 Å². The lowest BCUT2D eigenvalue weighted by Crippen LogP contribution is -2.16. The lowest BCUT2D eigenvalue weighted by atomic mass is 10.1. The van der Waals surface area contributed by atoms with Crippen LogP contribution in [-0.2, 0) is 11.2 Å². The first-order chi connectivity index (χ1) is 9.11. The van der Waals surface area contributed by atoms with Crippen LogP contribution in [0.3, 0.4) is 0 Å². The molecule has 19 heavy (non-hydrogen) atoms. The molecule has 0 saturated heterocycles. The molecule has 2 rings (SSSR count). The van der Waals surface area contributed by atoms with Crippen LogP contribution in [0.2, 0.25) is 0 Å². The minimum absolute atomic E-state index is 0.263. The third kappa shape index (κ3) is 2.88. The monoisotopic (exact) mass is 258 g/mol. The lowest BCUT2D eigenvalue weighted by molar-refractivity contribution is -0.131. The summed E-state index contributed by atoms with van der Waals surface area (Å²) in [4.78, 5) is 26.8. The third-order valence-electron chi connectivity index (χ3n) is 2.76. The molecule has 0 bridgehead atoms. The molecule has 1 aromatic heterocycles. The van der Waals surface area contributed by atoms with Crippen LogP contribution in [0.4, 0.5) is 0 Å². The summed E-state index contributed by atoms with van der Waals surface area (Å²) in [7, 11) is 0. The van der Waals surface area contributed by atoms with Crippen LogP contribution in [0, 0.1) is 0 Å². The van der Waals surface area contributed by atoms with Crippen molar-refractivity contribution in [1.29, 1.82) is 0 Å². The van der Waals surface area contributed by atoms with Gasteiger partial charge in [-0.15, -0.1) is 0 Å². The maximum Gasteiger partial charge on any atom is 0.329 e. The smallest absolute Gasteiger partial charge is 0.329 e. The fourth-order valence-corrected chi connectivity index (χ4v) is 1.88. The van der Waals surface area contributed by atoms with E-state index in [1.165, 1.54) is 17.1 Å². The van der Waals surface area contributed by atoms with Crippen LogP contribution in [0.5, 0.6) is 0 Å². The van der Waals surface area contributed by atoms with Gasteiger partial charge in [-0.25, -0.2) is 9.78 Å². The van der Waals surface area contributed by atoms with Gasteiger partial charge in [0.15, 0.2) is 0 Å². The Kier molecular flexibility index (Phi) is 3.75. The molecule has 0 fully saturated rings. The minimum atomic E-state index is -1.10. The topological polar surface area (TPSA) is 72.2 Å². The van der Waals surface area contributed by atoms with Gasteiger partial charge in [-0.05, 0) is 24.1 Å². The van der Waals surface area contributed by atoms with E-state index in [9.17, 15) is 9.59 Å². The Hall–Kier alpha value is -2.43. The van der Waals surface area contributed by atoms with Crippen molar-refractivity contribution in [2.45, 2.75) is 19.8 Å². The van der Waals surface area contributed by atoms with Crippen LogP contribution < -0.4 is 5.56 Å². The summed E-state index contributed by atoms with van der Waals surface area (Å²) in [6.07, 6.45) is 5.33. The maximum atomic E-state index is 12.2. The van der Waals surface area contributed by atoms with E-state index in [1.807, 2.05) is 18.2 Å². The van der Waals surface area contributed by atoms with Gasteiger partial charge in [0.2, 0.25) is 0 Å². The van der Waals surface area contributed by atoms with Gasteiger partial charge < -0.3 is 5.11 Å². The number of hydrogen-bond donors (Lipinski definition) is 1. The number of benzene rings is 1. The molecule has 1 N–H and O–H groups in total. The zero-order valence-electron chi connectivity index (χ0n) is 10.5. The molecule has 0 radical (unpaired) electrons. The Labute approximate surface area is 109 Å². The lowest BCUT2D eigenvalue weighted by Gasteiger charge is -2.03. The summed E-state index contributed by atoms with van der Waals surface area (Å²) in [5.74, 6) is -1.10. The summed E-state index contributed by atoms with van der Waals surface area (Å²) < 4.78 is 1.17. The van der Waals surface area contributed by atoms with Gasteiger partial charge >= 0.3 is 5.97 Å². The first-order valence-corrected chi connectivity index (χ1v) is 6.02. The van der Waals surface area contributed by atoms with Crippen LogP contribution in [0.1, 0.15) is 18.9 Å². The molecule has 0 aliphatic rings. The molecule has 0 unspecified atom stereocenters. The Morgan fingerprint density at radius 3 is 2.95 bits per heavy atom. The van der Waals surface area contributed by atoms with E-state index < -0.39 is 5.97 Å². The van der Waals surface area contributed by atoms with Gasteiger partial charge in [0.05, 0.1) is 10.9 Å². The molecule has 0 spiro atoms. The highest BCUT2D eigenvalue weighted by Gasteiger charge is 2.04. The van der Waals surface area contributed by atoms with E-state index in [4.69, 9.17) is 5.11 Å². The minimum Gasteiger partial charge on any atom is -0.478 e. The van der Waals surface area contributed by atoms with Gasteiger partial charge in [-0.3, -0.25) is 9.36 Å². The second-order valence-corrected chi connectivity index (χ2v) is 4.21. The highest BCUT2D eigenvalue weighted by Crippen LogP contribution is 2.11. The van der Waals surface area contributed by atoms with Crippen LogP contribution in [-0.4, -0.2) is 20.6 Å². The fraction of sp³-hybridized carbons (Fsp3) is 0.214. The average Bonchev–Trinajstić information content (AvgIpc) is 2.39. The Morgan fingerprint density at radius 2 is 2.26 bits per heavy atom. The molecule has 0 amide bonds. The van der Waals surface area contributed by atoms with E-state index in [1.54, 1.807) is 0 Å². The first-order valence-electron chi connectivity index (χ1n) is 6.02. The fourth-order valence-electron chi connectivity index (χ4n) is 1.88. The van der Waals surface area contributed by atoms with Crippen molar-refractivity contribution in [3.63, 3.8) is 0 Å². The largest absolute Gasteiger partial charge is 0.478 e. The predicted octanol–water partition coefficient (Wildman–Crippen LogP) is 1.90. The Morgan fingerprint density at radius 1 is 1.47 bits per heavy atom. The first kappa shape index (κ1) is 13.0. The number of fused-ring (bicyclic) bond motifs is 1. The van der Waals surface area contributed by atoms with Gasteiger partial charge in [0.1, 0.15) is 6.33 Å². The summed E-state index contributed by atoms with van der Waals surface area (Å²) >= 11 is 0. The molecule has 5 nitrogen and oxygen atoms in total. The highest BCUT2D eigenvalue weighted by molar-refractivity contribution is 5.83. The van der Waals surface area contributed by atoms with E-state index in [0.717, 1.165) is 24.5 Å². The van der Waals surface area contributed by atoms with Gasteiger partial charge in [0.25, 0.3) is 5.56 Å². The molecule has 2 aromatic rings. The highest BCUT2D eigenvalue weighted by atomic mass is 16.4. The van der Waals surface area contributed by atoms with Crippen molar-refractivity contribution in [3.8, 4) is 0 Å². The van der Waals surface area contributed by atoms with Crippen molar-refractivity contribution in [2.75, 3.05) is 0 Å². The zero-order chi connectivity index (χ0) is 13.8. The van der Waals surface area contributed by atoms with Crippen LogP contribution in [0.15, 0.2) is 35.4 Å². The summed E-state index contributed by atoms with van der Waals surface area (Å²) in [6, 6.07) is 5.59. The van der Waals surface area contributed by atoms with E-state index in [-0.39, 0.29) is 5.56 Å². The normalized spacial score (nSPS) is 11.2. The maximum absolute atomic E-state index is 12.2. The van der Waals surface area contributed by atoms with E-state index in [0.29, 0.717) is 10.9 Å². The molecule has 1 heterocycles. The Bertz CT molecular complexity index is 701. The average molecular weight is 258 g/mol. The second kappa shape index (κ2) is 5.48. The summed E-state index contributed by atoms with van der Waals surface area (Å²) in [5.41, 5.74) is 1.43. The predicted molar refractivity (Wildman–Crippen MR) is 73.0 cm³/mol. The van der Waals surface area contributed by atoms with Crippen molar-refractivity contribution >= 4 is 23.1 Å². The number of hydrogen-bond acceptors (Lipinski definition) is 3. The molecule has 5 heteroatoms. The molecule has 0 aliphatic carbocycles. The summed E-state index contributed by atoms with van der Waals surface area (Å²) in [5, 5.41) is 9.07. The van der Waals surface area contributed by atoms with Crippen LogP contribution >= 0.6 is 0 Å². The standard InChI is InChI=1S/C14H14N2O3/c1-2-3-10-4-5-12-11(8-10)14(19)16(9-15-12)7-6-13(17)18/h4-9H,2-3H2,1H3,(H,17,18)/b7-6+. The molecule has 1 aromatic carbocycles. The number of rotatable bonds is 4. The quantitative estimate of drug-likeness (QED) is 0.850. The molecular formula is C14H14N2O3. The zero-order valence-corrected chi connectivity index (χ0v) is 10.5. The summed E-state index contributed by atoms with van der Waals surface area (Å²) in [6.45, 7) is 2.07. The van der Waals surface area contributed by atoms with Gasteiger partial charge in [0, 0.05) is 12.3 Å².